The Morgan fingerprint density at radius 3 is 2.81 bits per heavy atom. The van der Waals surface area contributed by atoms with Gasteiger partial charge >= 0.3 is 0 Å². The van der Waals surface area contributed by atoms with Gasteiger partial charge in [-0.2, -0.15) is 5.26 Å². The van der Waals surface area contributed by atoms with Crippen LogP contribution in [-0.2, 0) is 0 Å². The third-order valence-corrected chi connectivity index (χ3v) is 2.38. The Labute approximate surface area is 94.3 Å². The average molecular weight is 212 g/mol. The van der Waals surface area contributed by atoms with Crippen molar-refractivity contribution in [3.63, 3.8) is 0 Å². The Bertz CT molecular complexity index is 570. The van der Waals surface area contributed by atoms with Gasteiger partial charge < -0.3 is 4.74 Å². The van der Waals surface area contributed by atoms with Gasteiger partial charge in [-0.1, -0.05) is 0 Å². The fourth-order valence-corrected chi connectivity index (χ4v) is 1.66. The number of aryl methyl sites for hydroxylation is 1. The van der Waals surface area contributed by atoms with Gasteiger partial charge in [-0.05, 0) is 38.1 Å². The maximum Gasteiger partial charge on any atom is 0.128 e. The van der Waals surface area contributed by atoms with Gasteiger partial charge in [0.05, 0.1) is 17.7 Å². The van der Waals surface area contributed by atoms with Gasteiger partial charge in [0.1, 0.15) is 11.8 Å². The monoisotopic (exact) mass is 212 g/mol. The molecular weight excluding hydrogens is 200 g/mol. The van der Waals surface area contributed by atoms with Gasteiger partial charge in [-0.15, -0.1) is 0 Å². The Balaban J connectivity index is 2.76. The topological polar surface area (TPSA) is 45.9 Å². The number of pyridine rings is 1. The zero-order valence-electron chi connectivity index (χ0n) is 9.32. The highest BCUT2D eigenvalue weighted by Gasteiger charge is 2.07. The van der Waals surface area contributed by atoms with Crippen molar-refractivity contribution in [2.24, 2.45) is 0 Å². The fourth-order valence-electron chi connectivity index (χ4n) is 1.66. The molecular formula is C13H12N2O. The normalized spacial score (nSPS) is 10.1. The molecule has 0 saturated heterocycles. The van der Waals surface area contributed by atoms with E-state index in [1.165, 1.54) is 0 Å². The van der Waals surface area contributed by atoms with E-state index in [2.05, 4.69) is 11.1 Å². The maximum absolute atomic E-state index is 9.02. The minimum absolute atomic E-state index is 0.585. The van der Waals surface area contributed by atoms with Gasteiger partial charge in [0.15, 0.2) is 0 Å². The summed E-state index contributed by atoms with van der Waals surface area (Å²) in [7, 11) is 0. The Kier molecular flexibility index (Phi) is 2.74. The van der Waals surface area contributed by atoms with Crippen molar-refractivity contribution in [1.82, 2.24) is 4.98 Å². The van der Waals surface area contributed by atoms with Crippen molar-refractivity contribution in [3.8, 4) is 11.8 Å². The lowest BCUT2D eigenvalue weighted by Crippen LogP contribution is -1.95. The molecule has 3 nitrogen and oxygen atoms in total. The lowest BCUT2D eigenvalue weighted by Gasteiger charge is -2.08. The van der Waals surface area contributed by atoms with E-state index in [9.17, 15) is 0 Å². The van der Waals surface area contributed by atoms with Crippen LogP contribution in [0.1, 0.15) is 18.2 Å². The van der Waals surface area contributed by atoms with Gasteiger partial charge in [-0.25, -0.2) is 0 Å². The lowest BCUT2D eigenvalue weighted by molar-refractivity contribution is 0.344. The van der Waals surface area contributed by atoms with Crippen molar-refractivity contribution in [3.05, 3.63) is 35.5 Å². The van der Waals surface area contributed by atoms with E-state index in [1.54, 1.807) is 6.07 Å². The molecule has 1 aromatic carbocycles. The van der Waals surface area contributed by atoms with E-state index in [0.717, 1.165) is 16.8 Å². The van der Waals surface area contributed by atoms with E-state index in [4.69, 9.17) is 10.00 Å². The number of hydrogen-bond donors (Lipinski definition) is 0. The second kappa shape index (κ2) is 4.19. The molecule has 0 amide bonds. The quantitative estimate of drug-likeness (QED) is 0.768. The number of nitrogens with zero attached hydrogens (tertiary/aromatic N) is 2. The standard InChI is InChI=1S/C13H12N2O/c1-3-16-12-7-5-10(8-14)13-11(12)6-4-9(2)15-13/h4-7H,3H2,1-2H3. The molecule has 1 aromatic heterocycles. The summed E-state index contributed by atoms with van der Waals surface area (Å²) in [6.45, 7) is 4.45. The molecule has 2 aromatic rings. The Hall–Kier alpha value is -2.08. The first-order valence-corrected chi connectivity index (χ1v) is 5.19. The second-order valence-electron chi connectivity index (χ2n) is 3.50. The summed E-state index contributed by atoms with van der Waals surface area (Å²) < 4.78 is 5.51. The van der Waals surface area contributed by atoms with Gasteiger partial charge in [0.25, 0.3) is 0 Å². The third kappa shape index (κ3) is 1.70. The molecule has 0 aliphatic rings. The zero-order chi connectivity index (χ0) is 11.5. The summed E-state index contributed by atoms with van der Waals surface area (Å²) in [6.07, 6.45) is 0. The minimum Gasteiger partial charge on any atom is -0.493 e. The summed E-state index contributed by atoms with van der Waals surface area (Å²) >= 11 is 0. The molecule has 0 radical (unpaired) electrons. The summed E-state index contributed by atoms with van der Waals surface area (Å²) in [4.78, 5) is 4.39. The number of aromatic nitrogens is 1. The number of hydrogen-bond acceptors (Lipinski definition) is 3. The van der Waals surface area contributed by atoms with E-state index < -0.39 is 0 Å². The van der Waals surface area contributed by atoms with Crippen LogP contribution in [0, 0.1) is 18.3 Å². The van der Waals surface area contributed by atoms with E-state index in [0.29, 0.717) is 17.7 Å². The van der Waals surface area contributed by atoms with Gasteiger partial charge in [0, 0.05) is 11.1 Å². The summed E-state index contributed by atoms with van der Waals surface area (Å²) in [5.74, 6) is 0.781. The van der Waals surface area contributed by atoms with Crippen LogP contribution in [0.3, 0.4) is 0 Å². The van der Waals surface area contributed by atoms with Crippen LogP contribution >= 0.6 is 0 Å². The van der Waals surface area contributed by atoms with Crippen LogP contribution in [0.5, 0.6) is 5.75 Å². The minimum atomic E-state index is 0.585. The molecule has 0 aliphatic carbocycles. The molecule has 0 atom stereocenters. The third-order valence-electron chi connectivity index (χ3n) is 2.38. The van der Waals surface area contributed by atoms with Crippen LogP contribution in [0.15, 0.2) is 24.3 Å². The molecule has 1 heterocycles. The van der Waals surface area contributed by atoms with E-state index in [1.807, 2.05) is 32.0 Å². The highest BCUT2D eigenvalue weighted by atomic mass is 16.5. The molecule has 0 fully saturated rings. The number of ether oxygens (including phenoxy) is 1. The van der Waals surface area contributed by atoms with Crippen LogP contribution < -0.4 is 4.74 Å². The first-order valence-electron chi connectivity index (χ1n) is 5.19. The zero-order valence-corrected chi connectivity index (χ0v) is 9.32. The maximum atomic E-state index is 9.02. The molecule has 80 valence electrons. The first-order chi connectivity index (χ1) is 7.76. The Morgan fingerprint density at radius 1 is 1.31 bits per heavy atom. The molecule has 0 bridgehead atoms. The molecule has 0 N–H and O–H groups in total. The smallest absolute Gasteiger partial charge is 0.128 e. The largest absolute Gasteiger partial charge is 0.493 e. The van der Waals surface area contributed by atoms with Crippen LogP contribution in [0.2, 0.25) is 0 Å². The van der Waals surface area contributed by atoms with Crippen molar-refractivity contribution >= 4 is 10.9 Å². The predicted molar refractivity (Wildman–Crippen MR) is 62.4 cm³/mol. The van der Waals surface area contributed by atoms with Gasteiger partial charge in [0.2, 0.25) is 0 Å². The van der Waals surface area contributed by atoms with Crippen molar-refractivity contribution in [2.45, 2.75) is 13.8 Å². The summed E-state index contributed by atoms with van der Waals surface area (Å²) in [5.41, 5.74) is 2.20. The van der Waals surface area contributed by atoms with Crippen molar-refractivity contribution in [1.29, 1.82) is 5.26 Å². The van der Waals surface area contributed by atoms with E-state index in [-0.39, 0.29) is 0 Å². The van der Waals surface area contributed by atoms with Gasteiger partial charge in [-0.3, -0.25) is 4.98 Å². The summed E-state index contributed by atoms with van der Waals surface area (Å²) in [6, 6.07) is 9.59. The number of nitriles is 1. The highest BCUT2D eigenvalue weighted by molar-refractivity contribution is 5.89. The average Bonchev–Trinajstić information content (AvgIpc) is 2.29. The summed E-state index contributed by atoms with van der Waals surface area (Å²) in [5, 5.41) is 9.91. The van der Waals surface area contributed by atoms with Crippen LogP contribution in [-0.4, -0.2) is 11.6 Å². The van der Waals surface area contributed by atoms with E-state index >= 15 is 0 Å². The molecule has 2 rings (SSSR count). The molecule has 3 heteroatoms. The first kappa shape index (κ1) is 10.4. The van der Waals surface area contributed by atoms with Crippen LogP contribution in [0.25, 0.3) is 10.9 Å². The van der Waals surface area contributed by atoms with Crippen molar-refractivity contribution in [2.75, 3.05) is 6.61 Å². The molecule has 0 spiro atoms. The lowest BCUT2D eigenvalue weighted by atomic mass is 10.1. The Morgan fingerprint density at radius 2 is 2.12 bits per heavy atom. The number of fused-ring (bicyclic) bond motifs is 1. The SMILES string of the molecule is CCOc1ccc(C#N)c2nc(C)ccc12. The fraction of sp³-hybridized carbons (Fsp3) is 0.231. The predicted octanol–water partition coefficient (Wildman–Crippen LogP) is 2.81. The number of benzene rings is 1. The number of rotatable bonds is 2. The molecule has 0 aliphatic heterocycles. The highest BCUT2D eigenvalue weighted by Crippen LogP contribution is 2.27. The van der Waals surface area contributed by atoms with Crippen molar-refractivity contribution < 1.29 is 4.74 Å². The molecule has 0 unspecified atom stereocenters. The molecule has 0 saturated carbocycles. The second-order valence-corrected chi connectivity index (χ2v) is 3.50. The van der Waals surface area contributed by atoms with Crippen LogP contribution in [0.4, 0.5) is 0 Å². The molecule has 16 heavy (non-hydrogen) atoms.